The summed E-state index contributed by atoms with van der Waals surface area (Å²) >= 11 is 0. The number of unbranched alkanes of at least 4 members (excludes halogenated alkanes) is 9. The van der Waals surface area contributed by atoms with Crippen molar-refractivity contribution in [2.45, 2.75) is 103 Å². The summed E-state index contributed by atoms with van der Waals surface area (Å²) in [6, 6.07) is 7.90. The van der Waals surface area contributed by atoms with Crippen LogP contribution in [0.2, 0.25) is 0 Å². The first-order valence-corrected chi connectivity index (χ1v) is 12.4. The summed E-state index contributed by atoms with van der Waals surface area (Å²) in [6.07, 6.45) is 20.6. The Bertz CT molecular complexity index is 592. The Hall–Kier alpha value is -1.84. The molecule has 0 aliphatic heterocycles. The van der Waals surface area contributed by atoms with Gasteiger partial charge < -0.3 is 4.74 Å². The predicted molar refractivity (Wildman–Crippen MR) is 126 cm³/mol. The lowest BCUT2D eigenvalue weighted by Crippen LogP contribution is -2.28. The molecule has 0 bridgehead atoms. The van der Waals surface area contributed by atoms with Gasteiger partial charge in [0, 0.05) is 5.92 Å². The molecule has 0 spiro atoms. The largest absolute Gasteiger partial charge is 0.494 e. The van der Waals surface area contributed by atoms with Crippen LogP contribution in [-0.4, -0.2) is 18.7 Å². The van der Waals surface area contributed by atoms with Gasteiger partial charge >= 0.3 is 0 Å². The van der Waals surface area contributed by atoms with Crippen LogP contribution in [0.25, 0.3) is 0 Å². The second-order valence-corrected chi connectivity index (χ2v) is 8.67. The number of nitrogens with zero attached hydrogens (tertiary/aromatic N) is 1. The second-order valence-electron chi connectivity index (χ2n) is 8.67. The van der Waals surface area contributed by atoms with E-state index < -0.39 is 0 Å². The van der Waals surface area contributed by atoms with Gasteiger partial charge in [-0.05, 0) is 49.1 Å². The number of rotatable bonds is 15. The number of hydrazone groups is 1. The molecular formula is C26H42N2O2. The Kier molecular flexibility index (Phi) is 13.0. The van der Waals surface area contributed by atoms with E-state index in [2.05, 4.69) is 17.5 Å². The van der Waals surface area contributed by atoms with E-state index in [1.165, 1.54) is 64.2 Å². The van der Waals surface area contributed by atoms with Gasteiger partial charge in [0.2, 0.25) is 5.91 Å². The lowest BCUT2D eigenvalue weighted by Gasteiger charge is -2.19. The number of ether oxygens (including phenoxy) is 1. The van der Waals surface area contributed by atoms with Crippen molar-refractivity contribution < 1.29 is 9.53 Å². The van der Waals surface area contributed by atoms with E-state index in [1.54, 1.807) is 6.21 Å². The van der Waals surface area contributed by atoms with E-state index in [0.29, 0.717) is 0 Å². The first-order valence-electron chi connectivity index (χ1n) is 12.4. The first-order chi connectivity index (χ1) is 14.8. The molecule has 4 heteroatoms. The van der Waals surface area contributed by atoms with Gasteiger partial charge in [0.15, 0.2) is 0 Å². The van der Waals surface area contributed by atoms with Crippen molar-refractivity contribution in [1.82, 2.24) is 5.43 Å². The zero-order valence-electron chi connectivity index (χ0n) is 19.0. The van der Waals surface area contributed by atoms with Crippen molar-refractivity contribution in [3.05, 3.63) is 29.8 Å². The third-order valence-corrected chi connectivity index (χ3v) is 6.01. The summed E-state index contributed by atoms with van der Waals surface area (Å²) in [6.45, 7) is 3.05. The quantitative estimate of drug-likeness (QED) is 0.190. The van der Waals surface area contributed by atoms with E-state index in [-0.39, 0.29) is 11.8 Å². The number of nitrogens with one attached hydrogen (secondary N) is 1. The molecule has 4 nitrogen and oxygen atoms in total. The van der Waals surface area contributed by atoms with Crippen LogP contribution in [0, 0.1) is 5.92 Å². The molecule has 1 aliphatic carbocycles. The van der Waals surface area contributed by atoms with Gasteiger partial charge in [0.05, 0.1) is 12.8 Å². The van der Waals surface area contributed by atoms with E-state index in [0.717, 1.165) is 50.0 Å². The van der Waals surface area contributed by atoms with Crippen molar-refractivity contribution in [2.24, 2.45) is 11.0 Å². The minimum atomic E-state index is 0.0578. The number of hydrogen-bond donors (Lipinski definition) is 1. The van der Waals surface area contributed by atoms with Crippen LogP contribution >= 0.6 is 0 Å². The molecule has 0 radical (unpaired) electrons. The van der Waals surface area contributed by atoms with Crippen LogP contribution < -0.4 is 10.2 Å². The van der Waals surface area contributed by atoms with Crippen LogP contribution in [0.1, 0.15) is 109 Å². The van der Waals surface area contributed by atoms with Crippen LogP contribution in [0.5, 0.6) is 5.75 Å². The fraction of sp³-hybridized carbons (Fsp3) is 0.692. The van der Waals surface area contributed by atoms with Crippen LogP contribution in [0.3, 0.4) is 0 Å². The maximum atomic E-state index is 12.1. The van der Waals surface area contributed by atoms with Gasteiger partial charge in [-0.25, -0.2) is 5.43 Å². The Balaban J connectivity index is 1.50. The molecule has 1 fully saturated rings. The molecular weight excluding hydrogens is 372 g/mol. The molecule has 1 saturated carbocycles. The smallest absolute Gasteiger partial charge is 0.243 e. The van der Waals surface area contributed by atoms with Crippen LogP contribution in [0.15, 0.2) is 29.4 Å². The van der Waals surface area contributed by atoms with E-state index in [4.69, 9.17) is 4.74 Å². The summed E-state index contributed by atoms with van der Waals surface area (Å²) in [5, 5.41) is 4.11. The molecule has 0 unspecified atom stereocenters. The summed E-state index contributed by atoms with van der Waals surface area (Å²) < 4.78 is 5.84. The maximum absolute atomic E-state index is 12.1. The average molecular weight is 415 g/mol. The number of benzene rings is 1. The molecule has 0 saturated heterocycles. The van der Waals surface area contributed by atoms with Crippen LogP contribution in [0.4, 0.5) is 0 Å². The third kappa shape index (κ3) is 10.8. The average Bonchev–Trinajstić information content (AvgIpc) is 2.79. The summed E-state index contributed by atoms with van der Waals surface area (Å²) in [5.41, 5.74) is 3.65. The Labute approximate surface area is 183 Å². The molecule has 30 heavy (non-hydrogen) atoms. The van der Waals surface area contributed by atoms with Gasteiger partial charge in [0.1, 0.15) is 5.75 Å². The molecule has 1 aromatic rings. The summed E-state index contributed by atoms with van der Waals surface area (Å²) in [4.78, 5) is 12.1. The van der Waals surface area contributed by atoms with E-state index in [1.807, 2.05) is 24.3 Å². The highest BCUT2D eigenvalue weighted by Crippen LogP contribution is 2.23. The standard InChI is InChI=1S/C26H42N2O2/c1-2-3-4-5-6-7-8-9-10-14-21-30-25-19-17-23(18-20-25)22-27-28-26(29)24-15-12-11-13-16-24/h17-20,22,24H,2-16,21H2,1H3,(H,28,29)/b27-22-. The van der Waals surface area contributed by atoms with E-state index >= 15 is 0 Å². The molecule has 1 aliphatic rings. The lowest BCUT2D eigenvalue weighted by atomic mass is 9.89. The van der Waals surface area contributed by atoms with Gasteiger partial charge in [-0.3, -0.25) is 4.79 Å². The number of carbonyl (C=O) groups excluding carboxylic acids is 1. The van der Waals surface area contributed by atoms with Gasteiger partial charge in [-0.2, -0.15) is 5.10 Å². The first kappa shape index (κ1) is 24.4. The topological polar surface area (TPSA) is 50.7 Å². The zero-order valence-corrected chi connectivity index (χ0v) is 19.0. The van der Waals surface area contributed by atoms with Crippen molar-refractivity contribution in [3.8, 4) is 5.75 Å². The highest BCUT2D eigenvalue weighted by molar-refractivity contribution is 5.83. The Morgan fingerprint density at radius 2 is 1.53 bits per heavy atom. The van der Waals surface area contributed by atoms with Crippen LogP contribution in [-0.2, 0) is 4.79 Å². The normalized spacial score (nSPS) is 14.8. The highest BCUT2D eigenvalue weighted by Gasteiger charge is 2.20. The molecule has 1 N–H and O–H groups in total. The second kappa shape index (κ2) is 15.9. The van der Waals surface area contributed by atoms with Crippen molar-refractivity contribution in [3.63, 3.8) is 0 Å². The van der Waals surface area contributed by atoms with Gasteiger partial charge in [-0.1, -0.05) is 84.0 Å². The zero-order chi connectivity index (χ0) is 21.3. The fourth-order valence-electron chi connectivity index (χ4n) is 4.06. The van der Waals surface area contributed by atoms with Crippen molar-refractivity contribution in [2.75, 3.05) is 6.61 Å². The Morgan fingerprint density at radius 3 is 2.17 bits per heavy atom. The summed E-state index contributed by atoms with van der Waals surface area (Å²) in [7, 11) is 0. The lowest BCUT2D eigenvalue weighted by molar-refractivity contribution is -0.125. The summed E-state index contributed by atoms with van der Waals surface area (Å²) in [5.74, 6) is 1.09. The fourth-order valence-corrected chi connectivity index (χ4v) is 4.06. The Morgan fingerprint density at radius 1 is 0.933 bits per heavy atom. The van der Waals surface area contributed by atoms with Gasteiger partial charge in [-0.15, -0.1) is 0 Å². The monoisotopic (exact) mass is 414 g/mol. The molecule has 0 aromatic heterocycles. The minimum Gasteiger partial charge on any atom is -0.494 e. The van der Waals surface area contributed by atoms with Gasteiger partial charge in [0.25, 0.3) is 0 Å². The number of hydrogen-bond acceptors (Lipinski definition) is 3. The molecule has 0 heterocycles. The van der Waals surface area contributed by atoms with E-state index in [9.17, 15) is 4.79 Å². The number of carbonyl (C=O) groups is 1. The molecule has 2 rings (SSSR count). The number of amides is 1. The van der Waals surface area contributed by atoms with Crippen molar-refractivity contribution >= 4 is 12.1 Å². The SMILES string of the molecule is CCCCCCCCCCCCOc1ccc(/C=N\NC(=O)C2CCCCC2)cc1. The molecule has 1 aromatic carbocycles. The minimum absolute atomic E-state index is 0.0578. The van der Waals surface area contributed by atoms with Crippen molar-refractivity contribution in [1.29, 1.82) is 0 Å². The molecule has 0 atom stereocenters. The molecule has 1 amide bonds. The third-order valence-electron chi connectivity index (χ3n) is 6.01. The maximum Gasteiger partial charge on any atom is 0.243 e. The predicted octanol–water partition coefficient (Wildman–Crippen LogP) is 7.02. The molecule has 168 valence electrons. The highest BCUT2D eigenvalue weighted by atomic mass is 16.5.